The molecule has 0 fully saturated rings. The van der Waals surface area contributed by atoms with Gasteiger partial charge in [0.25, 0.3) is 5.91 Å². The summed E-state index contributed by atoms with van der Waals surface area (Å²) in [5, 5.41) is 3.02. The molecular formula is C19H17Br2N3O. The second-order valence-electron chi connectivity index (χ2n) is 5.76. The number of nitrogens with one attached hydrogen (secondary N) is 1. The van der Waals surface area contributed by atoms with Gasteiger partial charge in [0.2, 0.25) is 0 Å². The maximum Gasteiger partial charge on any atom is 0.251 e. The van der Waals surface area contributed by atoms with E-state index in [-0.39, 0.29) is 11.9 Å². The van der Waals surface area contributed by atoms with Gasteiger partial charge in [0.05, 0.1) is 23.6 Å². The number of allylic oxidation sites excluding steroid dienone is 1. The van der Waals surface area contributed by atoms with Crippen molar-refractivity contribution in [2.24, 2.45) is 0 Å². The van der Waals surface area contributed by atoms with E-state index in [9.17, 15) is 4.79 Å². The topological polar surface area (TPSA) is 46.9 Å². The number of rotatable bonds is 5. The van der Waals surface area contributed by atoms with Gasteiger partial charge in [0.1, 0.15) is 5.82 Å². The molecule has 1 unspecified atom stereocenters. The van der Waals surface area contributed by atoms with Gasteiger partial charge >= 0.3 is 0 Å². The van der Waals surface area contributed by atoms with E-state index in [1.807, 2.05) is 43.3 Å². The van der Waals surface area contributed by atoms with E-state index in [1.54, 1.807) is 12.1 Å². The summed E-state index contributed by atoms with van der Waals surface area (Å²) in [6.45, 7) is 6.46. The number of fused-ring (bicyclic) bond motifs is 1. The second kappa shape index (κ2) is 7.54. The zero-order chi connectivity index (χ0) is 18.0. The highest BCUT2D eigenvalue weighted by Crippen LogP contribution is 2.23. The Labute approximate surface area is 163 Å². The van der Waals surface area contributed by atoms with E-state index >= 15 is 0 Å². The lowest BCUT2D eigenvalue weighted by atomic mass is 10.2. The quantitative estimate of drug-likeness (QED) is 0.566. The van der Waals surface area contributed by atoms with Gasteiger partial charge in [-0.15, -0.1) is 0 Å². The molecule has 2 aromatic carbocycles. The number of hydrogen-bond donors (Lipinski definition) is 1. The lowest BCUT2D eigenvalue weighted by Crippen LogP contribution is -2.28. The van der Waals surface area contributed by atoms with Crippen LogP contribution >= 0.6 is 31.9 Å². The molecule has 25 heavy (non-hydrogen) atoms. The number of imidazole rings is 1. The first kappa shape index (κ1) is 17.9. The fourth-order valence-electron chi connectivity index (χ4n) is 2.71. The van der Waals surface area contributed by atoms with E-state index in [2.05, 4.69) is 48.3 Å². The number of aromatic nitrogens is 2. The number of para-hydroxylation sites is 2. The van der Waals surface area contributed by atoms with Crippen LogP contribution < -0.4 is 5.32 Å². The Morgan fingerprint density at radius 3 is 2.60 bits per heavy atom. The van der Waals surface area contributed by atoms with E-state index < -0.39 is 0 Å². The van der Waals surface area contributed by atoms with Crippen LogP contribution in [-0.4, -0.2) is 15.5 Å². The van der Waals surface area contributed by atoms with Gasteiger partial charge in [0, 0.05) is 14.5 Å². The maximum atomic E-state index is 12.5. The molecule has 4 nitrogen and oxygen atoms in total. The molecule has 0 bridgehead atoms. The Bertz CT molecular complexity index is 931. The molecule has 1 aromatic heterocycles. The van der Waals surface area contributed by atoms with Crippen LogP contribution in [0.5, 0.6) is 0 Å². The number of amides is 1. The Morgan fingerprint density at radius 1 is 1.24 bits per heavy atom. The van der Waals surface area contributed by atoms with Crippen molar-refractivity contribution in [3.05, 3.63) is 75.5 Å². The highest BCUT2D eigenvalue weighted by molar-refractivity contribution is 9.11. The number of benzene rings is 2. The Morgan fingerprint density at radius 2 is 1.92 bits per heavy atom. The minimum Gasteiger partial charge on any atom is -0.342 e. The van der Waals surface area contributed by atoms with Crippen LogP contribution in [0, 0.1) is 0 Å². The minimum absolute atomic E-state index is 0.128. The van der Waals surface area contributed by atoms with Crippen molar-refractivity contribution >= 4 is 48.8 Å². The summed E-state index contributed by atoms with van der Waals surface area (Å²) in [6.07, 6.45) is 0. The monoisotopic (exact) mass is 461 g/mol. The standard InChI is InChI=1S/C19H17Br2N3O/c1-12(20)11-24-17-6-4-3-5-16(17)23-18(24)13(2)22-19(25)14-7-9-15(21)10-8-14/h3-10,13H,1,11H2,2H3,(H,22,25). The van der Waals surface area contributed by atoms with Crippen LogP contribution in [0.2, 0.25) is 0 Å². The lowest BCUT2D eigenvalue weighted by molar-refractivity contribution is 0.0938. The molecule has 1 heterocycles. The van der Waals surface area contributed by atoms with Gasteiger partial charge in [-0.3, -0.25) is 4.79 Å². The first-order valence-corrected chi connectivity index (χ1v) is 9.39. The lowest BCUT2D eigenvalue weighted by Gasteiger charge is -2.16. The van der Waals surface area contributed by atoms with Crippen molar-refractivity contribution in [3.63, 3.8) is 0 Å². The van der Waals surface area contributed by atoms with Crippen LogP contribution in [-0.2, 0) is 6.54 Å². The molecule has 0 saturated heterocycles. The Hall–Kier alpha value is -1.92. The van der Waals surface area contributed by atoms with Crippen LogP contribution in [0.25, 0.3) is 11.0 Å². The Balaban J connectivity index is 1.90. The summed E-state index contributed by atoms with van der Waals surface area (Å²) in [6, 6.07) is 15.0. The molecule has 1 atom stereocenters. The number of hydrogen-bond acceptors (Lipinski definition) is 2. The van der Waals surface area contributed by atoms with Crippen LogP contribution in [0.1, 0.15) is 29.1 Å². The van der Waals surface area contributed by atoms with Crippen molar-refractivity contribution in [1.82, 2.24) is 14.9 Å². The molecule has 128 valence electrons. The van der Waals surface area contributed by atoms with Crippen molar-refractivity contribution in [1.29, 1.82) is 0 Å². The van der Waals surface area contributed by atoms with E-state index in [1.165, 1.54) is 0 Å². The number of nitrogens with zero attached hydrogens (tertiary/aromatic N) is 2. The molecule has 0 spiro atoms. The van der Waals surface area contributed by atoms with Gasteiger partial charge in [-0.2, -0.15) is 0 Å². The van der Waals surface area contributed by atoms with E-state index in [0.29, 0.717) is 12.1 Å². The zero-order valence-electron chi connectivity index (χ0n) is 13.7. The number of carbonyl (C=O) groups excluding carboxylic acids is 1. The zero-order valence-corrected chi connectivity index (χ0v) is 16.8. The molecule has 0 aliphatic carbocycles. The highest BCUT2D eigenvalue weighted by Gasteiger charge is 2.19. The molecule has 6 heteroatoms. The molecule has 0 aliphatic rings. The average Bonchev–Trinajstić information content (AvgIpc) is 2.93. The smallest absolute Gasteiger partial charge is 0.251 e. The van der Waals surface area contributed by atoms with Crippen molar-refractivity contribution < 1.29 is 4.79 Å². The predicted molar refractivity (Wildman–Crippen MR) is 108 cm³/mol. The summed E-state index contributed by atoms with van der Waals surface area (Å²) in [5.41, 5.74) is 2.53. The SMILES string of the molecule is C=C(Br)Cn1c(C(C)NC(=O)c2ccc(Br)cc2)nc2ccccc21. The van der Waals surface area contributed by atoms with Gasteiger partial charge < -0.3 is 9.88 Å². The molecular weight excluding hydrogens is 446 g/mol. The average molecular weight is 463 g/mol. The number of carbonyl (C=O) groups is 1. The van der Waals surface area contributed by atoms with Gasteiger partial charge in [0.15, 0.2) is 0 Å². The third-order valence-corrected chi connectivity index (χ3v) is 4.63. The Kier molecular flexibility index (Phi) is 5.39. The minimum atomic E-state index is -0.240. The molecule has 0 radical (unpaired) electrons. The van der Waals surface area contributed by atoms with Crippen LogP contribution in [0.15, 0.2) is 64.1 Å². The molecule has 3 aromatic rings. The summed E-state index contributed by atoms with van der Waals surface area (Å²) in [4.78, 5) is 17.2. The molecule has 3 rings (SSSR count). The van der Waals surface area contributed by atoms with E-state index in [4.69, 9.17) is 4.98 Å². The largest absolute Gasteiger partial charge is 0.342 e. The van der Waals surface area contributed by atoms with Crippen molar-refractivity contribution in [2.75, 3.05) is 0 Å². The summed E-state index contributed by atoms with van der Waals surface area (Å²) < 4.78 is 3.86. The summed E-state index contributed by atoms with van der Waals surface area (Å²) in [7, 11) is 0. The predicted octanol–water partition coefficient (Wildman–Crippen LogP) is 5.20. The third kappa shape index (κ3) is 4.02. The van der Waals surface area contributed by atoms with Gasteiger partial charge in [-0.05, 0) is 43.3 Å². The normalized spacial score (nSPS) is 12.1. The van der Waals surface area contributed by atoms with E-state index in [0.717, 1.165) is 25.8 Å². The summed E-state index contributed by atoms with van der Waals surface area (Å²) >= 11 is 6.80. The van der Waals surface area contributed by atoms with Crippen molar-refractivity contribution in [3.8, 4) is 0 Å². The number of halogens is 2. The van der Waals surface area contributed by atoms with Crippen molar-refractivity contribution in [2.45, 2.75) is 19.5 Å². The fraction of sp³-hybridized carbons (Fsp3) is 0.158. The molecule has 1 amide bonds. The second-order valence-corrected chi connectivity index (χ2v) is 7.80. The molecule has 1 N–H and O–H groups in total. The first-order chi connectivity index (χ1) is 12.0. The third-order valence-electron chi connectivity index (χ3n) is 3.86. The summed E-state index contributed by atoms with van der Waals surface area (Å²) in [5.74, 6) is 0.670. The highest BCUT2D eigenvalue weighted by atomic mass is 79.9. The molecule has 0 saturated carbocycles. The first-order valence-electron chi connectivity index (χ1n) is 7.80. The van der Waals surface area contributed by atoms with Crippen LogP contribution in [0.4, 0.5) is 0 Å². The van der Waals surface area contributed by atoms with Gasteiger partial charge in [-0.1, -0.05) is 50.6 Å². The van der Waals surface area contributed by atoms with Crippen LogP contribution in [0.3, 0.4) is 0 Å². The fourth-order valence-corrected chi connectivity index (χ4v) is 3.22. The van der Waals surface area contributed by atoms with Gasteiger partial charge in [-0.25, -0.2) is 4.98 Å². The maximum absolute atomic E-state index is 12.5. The molecule has 0 aliphatic heterocycles.